The Balaban J connectivity index is 1.64. The van der Waals surface area contributed by atoms with Gasteiger partial charge in [0.25, 0.3) is 0 Å². The molecule has 0 aliphatic carbocycles. The largest absolute Gasteiger partial charge is 0.473 e. The molecule has 1 aliphatic heterocycles. The molecule has 4 nitrogen and oxygen atoms in total. The third-order valence-electron chi connectivity index (χ3n) is 4.03. The predicted molar refractivity (Wildman–Crippen MR) is 84.4 cm³/mol. The number of rotatable bonds is 4. The summed E-state index contributed by atoms with van der Waals surface area (Å²) in [4.78, 5) is 17.9. The lowest BCUT2D eigenvalue weighted by Gasteiger charge is -2.23. The molecule has 1 amide bonds. The van der Waals surface area contributed by atoms with Crippen molar-refractivity contribution in [3.63, 3.8) is 0 Å². The van der Waals surface area contributed by atoms with Crippen LogP contribution in [0.1, 0.15) is 36.9 Å². The highest BCUT2D eigenvalue weighted by Crippen LogP contribution is 2.31. The second-order valence-corrected chi connectivity index (χ2v) is 5.57. The van der Waals surface area contributed by atoms with E-state index in [1.807, 2.05) is 53.6 Å². The second-order valence-electron chi connectivity index (χ2n) is 5.57. The SMILES string of the molecule is CC(=O)N1CCCC1c1ccc(OCc2ccccc2)nc1. The number of benzene rings is 1. The summed E-state index contributed by atoms with van der Waals surface area (Å²) < 4.78 is 5.69. The molecule has 4 heteroatoms. The maximum atomic E-state index is 11.6. The monoisotopic (exact) mass is 296 g/mol. The molecule has 2 aromatic rings. The van der Waals surface area contributed by atoms with Crippen molar-refractivity contribution >= 4 is 5.91 Å². The van der Waals surface area contributed by atoms with Crippen LogP contribution in [0.4, 0.5) is 0 Å². The first kappa shape index (κ1) is 14.6. The first-order valence-corrected chi connectivity index (χ1v) is 7.64. The van der Waals surface area contributed by atoms with Crippen LogP contribution in [-0.4, -0.2) is 22.3 Å². The van der Waals surface area contributed by atoms with Crippen molar-refractivity contribution in [3.8, 4) is 5.88 Å². The number of amides is 1. The molecule has 1 aromatic heterocycles. The molecule has 0 spiro atoms. The van der Waals surface area contributed by atoms with Crippen LogP contribution in [0.3, 0.4) is 0 Å². The maximum Gasteiger partial charge on any atom is 0.219 e. The lowest BCUT2D eigenvalue weighted by atomic mass is 10.1. The number of hydrogen-bond acceptors (Lipinski definition) is 3. The fourth-order valence-corrected chi connectivity index (χ4v) is 2.90. The van der Waals surface area contributed by atoms with Gasteiger partial charge in [-0.2, -0.15) is 0 Å². The van der Waals surface area contributed by atoms with Gasteiger partial charge in [-0.15, -0.1) is 0 Å². The molecule has 3 rings (SSSR count). The van der Waals surface area contributed by atoms with E-state index in [4.69, 9.17) is 4.74 Å². The minimum Gasteiger partial charge on any atom is -0.473 e. The average molecular weight is 296 g/mol. The number of ether oxygens (including phenoxy) is 1. The molecule has 1 unspecified atom stereocenters. The molecule has 0 N–H and O–H groups in total. The minimum atomic E-state index is 0.131. The molecule has 1 fully saturated rings. The highest BCUT2D eigenvalue weighted by Gasteiger charge is 2.27. The van der Waals surface area contributed by atoms with Crippen molar-refractivity contribution in [3.05, 3.63) is 59.8 Å². The third-order valence-corrected chi connectivity index (χ3v) is 4.03. The Morgan fingerprint density at radius 3 is 2.77 bits per heavy atom. The van der Waals surface area contributed by atoms with Gasteiger partial charge in [-0.3, -0.25) is 4.79 Å². The van der Waals surface area contributed by atoms with Crippen molar-refractivity contribution in [2.24, 2.45) is 0 Å². The van der Waals surface area contributed by atoms with Crippen molar-refractivity contribution in [1.29, 1.82) is 0 Å². The van der Waals surface area contributed by atoms with Crippen LogP contribution in [0.15, 0.2) is 48.7 Å². The van der Waals surface area contributed by atoms with Crippen LogP contribution in [0.2, 0.25) is 0 Å². The van der Waals surface area contributed by atoms with E-state index >= 15 is 0 Å². The van der Waals surface area contributed by atoms with Gasteiger partial charge in [-0.05, 0) is 24.0 Å². The first-order chi connectivity index (χ1) is 10.7. The normalized spacial score (nSPS) is 17.5. The summed E-state index contributed by atoms with van der Waals surface area (Å²) >= 11 is 0. The van der Waals surface area contributed by atoms with Gasteiger partial charge in [0, 0.05) is 25.7 Å². The van der Waals surface area contributed by atoms with Crippen LogP contribution in [0.25, 0.3) is 0 Å². The summed E-state index contributed by atoms with van der Waals surface area (Å²) in [6, 6.07) is 14.1. The molecule has 1 aromatic carbocycles. The van der Waals surface area contributed by atoms with Crippen LogP contribution >= 0.6 is 0 Å². The summed E-state index contributed by atoms with van der Waals surface area (Å²) in [7, 11) is 0. The lowest BCUT2D eigenvalue weighted by Crippen LogP contribution is -2.28. The van der Waals surface area contributed by atoms with Gasteiger partial charge >= 0.3 is 0 Å². The zero-order chi connectivity index (χ0) is 15.4. The lowest BCUT2D eigenvalue weighted by molar-refractivity contribution is -0.129. The van der Waals surface area contributed by atoms with Gasteiger partial charge in [0.05, 0.1) is 6.04 Å². The van der Waals surface area contributed by atoms with Crippen molar-refractivity contribution < 1.29 is 9.53 Å². The molecule has 1 atom stereocenters. The van der Waals surface area contributed by atoms with E-state index in [1.54, 1.807) is 6.92 Å². The summed E-state index contributed by atoms with van der Waals surface area (Å²) in [6.45, 7) is 2.98. The van der Waals surface area contributed by atoms with Crippen LogP contribution in [0.5, 0.6) is 5.88 Å². The standard InChI is InChI=1S/C18H20N2O2/c1-14(21)20-11-5-8-17(20)16-9-10-18(19-12-16)22-13-15-6-3-2-4-7-15/h2-4,6-7,9-10,12,17H,5,8,11,13H2,1H3. The highest BCUT2D eigenvalue weighted by atomic mass is 16.5. The number of likely N-dealkylation sites (tertiary alicyclic amines) is 1. The van der Waals surface area contributed by atoms with Gasteiger partial charge in [0.2, 0.25) is 11.8 Å². The van der Waals surface area contributed by atoms with E-state index < -0.39 is 0 Å². The average Bonchev–Trinajstić information content (AvgIpc) is 3.04. The number of hydrogen-bond donors (Lipinski definition) is 0. The third kappa shape index (κ3) is 3.27. The Kier molecular flexibility index (Phi) is 4.37. The van der Waals surface area contributed by atoms with Gasteiger partial charge in [0.15, 0.2) is 0 Å². The van der Waals surface area contributed by atoms with E-state index in [2.05, 4.69) is 4.98 Å². The Hall–Kier alpha value is -2.36. The summed E-state index contributed by atoms with van der Waals surface area (Å²) in [6.07, 6.45) is 3.88. The Bertz CT molecular complexity index is 625. The van der Waals surface area contributed by atoms with Crippen molar-refractivity contribution in [1.82, 2.24) is 9.88 Å². The Morgan fingerprint density at radius 1 is 1.27 bits per heavy atom. The quantitative estimate of drug-likeness (QED) is 0.869. The number of carbonyl (C=O) groups is 1. The van der Waals surface area contributed by atoms with Gasteiger partial charge in [0.1, 0.15) is 6.61 Å². The molecule has 114 valence electrons. The second kappa shape index (κ2) is 6.60. The van der Waals surface area contributed by atoms with Gasteiger partial charge in [-0.25, -0.2) is 4.98 Å². The van der Waals surface area contributed by atoms with Crippen LogP contribution in [-0.2, 0) is 11.4 Å². The summed E-state index contributed by atoms with van der Waals surface area (Å²) in [5, 5.41) is 0. The topological polar surface area (TPSA) is 42.4 Å². The number of aromatic nitrogens is 1. The van der Waals surface area contributed by atoms with Gasteiger partial charge < -0.3 is 9.64 Å². The van der Waals surface area contributed by atoms with Gasteiger partial charge in [-0.1, -0.05) is 36.4 Å². The number of nitrogens with zero attached hydrogens (tertiary/aromatic N) is 2. The van der Waals surface area contributed by atoms with E-state index in [9.17, 15) is 4.79 Å². The summed E-state index contributed by atoms with van der Waals surface area (Å²) in [5.74, 6) is 0.742. The predicted octanol–water partition coefficient (Wildman–Crippen LogP) is 3.34. The maximum absolute atomic E-state index is 11.6. The van der Waals surface area contributed by atoms with E-state index in [1.165, 1.54) is 0 Å². The Morgan fingerprint density at radius 2 is 2.09 bits per heavy atom. The minimum absolute atomic E-state index is 0.131. The number of carbonyl (C=O) groups excluding carboxylic acids is 1. The van der Waals surface area contributed by atoms with Crippen molar-refractivity contribution in [2.75, 3.05) is 6.54 Å². The molecule has 2 heterocycles. The number of pyridine rings is 1. The smallest absolute Gasteiger partial charge is 0.219 e. The van der Waals surface area contributed by atoms with E-state index in [0.29, 0.717) is 12.5 Å². The molecule has 1 aliphatic rings. The highest BCUT2D eigenvalue weighted by molar-refractivity contribution is 5.74. The summed E-state index contributed by atoms with van der Waals surface area (Å²) in [5.41, 5.74) is 2.20. The molecular weight excluding hydrogens is 276 g/mol. The fraction of sp³-hybridized carbons (Fsp3) is 0.333. The van der Waals surface area contributed by atoms with E-state index in [0.717, 1.165) is 30.5 Å². The first-order valence-electron chi connectivity index (χ1n) is 7.64. The molecule has 0 saturated carbocycles. The zero-order valence-electron chi connectivity index (χ0n) is 12.7. The fourth-order valence-electron chi connectivity index (χ4n) is 2.90. The van der Waals surface area contributed by atoms with Crippen LogP contribution < -0.4 is 4.74 Å². The molecule has 0 radical (unpaired) electrons. The van der Waals surface area contributed by atoms with E-state index in [-0.39, 0.29) is 11.9 Å². The Labute approximate surface area is 130 Å². The molecular formula is C18H20N2O2. The molecule has 0 bridgehead atoms. The zero-order valence-corrected chi connectivity index (χ0v) is 12.7. The van der Waals surface area contributed by atoms with Crippen LogP contribution in [0, 0.1) is 0 Å². The molecule has 22 heavy (non-hydrogen) atoms. The molecule has 1 saturated heterocycles. The van der Waals surface area contributed by atoms with Crippen molar-refractivity contribution in [2.45, 2.75) is 32.4 Å².